The highest BCUT2D eigenvalue weighted by molar-refractivity contribution is 7.87. The molecular formula is C9H10F2O9S. The molecule has 0 bridgehead atoms. The number of ether oxygens (including phenoxy) is 3. The number of hydrogen-bond donors (Lipinski definition) is 1. The van der Waals surface area contributed by atoms with E-state index in [2.05, 4.69) is 14.2 Å². The molecular weight excluding hydrogens is 322 g/mol. The summed E-state index contributed by atoms with van der Waals surface area (Å²) < 4.78 is 66.9. The van der Waals surface area contributed by atoms with E-state index in [0.29, 0.717) is 6.42 Å². The summed E-state index contributed by atoms with van der Waals surface area (Å²) >= 11 is 0. The quantitative estimate of drug-likeness (QED) is 0.392. The number of hydrogen-bond acceptors (Lipinski definition) is 8. The number of esters is 3. The van der Waals surface area contributed by atoms with Crippen LogP contribution in [-0.4, -0.2) is 55.5 Å². The van der Waals surface area contributed by atoms with Crippen molar-refractivity contribution in [3.8, 4) is 0 Å². The van der Waals surface area contributed by atoms with Crippen LogP contribution in [0.3, 0.4) is 0 Å². The zero-order valence-electron chi connectivity index (χ0n) is 10.3. The summed E-state index contributed by atoms with van der Waals surface area (Å²) in [5, 5.41) is -5.21. The van der Waals surface area contributed by atoms with Gasteiger partial charge in [0.05, 0.1) is 6.61 Å². The Labute approximate surface area is 116 Å². The predicted octanol–water partition coefficient (Wildman–Crippen LogP) is -0.741. The third-order valence-corrected chi connectivity index (χ3v) is 3.09. The van der Waals surface area contributed by atoms with Crippen LogP contribution in [0.15, 0.2) is 0 Å². The third kappa shape index (κ3) is 4.32. The van der Waals surface area contributed by atoms with Crippen LogP contribution in [0, 0.1) is 0 Å². The van der Waals surface area contributed by atoms with Crippen LogP contribution in [0.1, 0.15) is 12.8 Å². The molecule has 0 aromatic heterocycles. The molecule has 0 radical (unpaired) electrons. The Hall–Kier alpha value is -1.82. The number of carbonyl (C=O) groups is 3. The van der Waals surface area contributed by atoms with Crippen LogP contribution in [-0.2, 0) is 38.7 Å². The molecule has 1 heterocycles. The number of cyclic esters (lactones) is 1. The molecule has 120 valence electrons. The van der Waals surface area contributed by atoms with Gasteiger partial charge in [0.1, 0.15) is 0 Å². The van der Waals surface area contributed by atoms with Gasteiger partial charge in [0.2, 0.25) is 0 Å². The fourth-order valence-corrected chi connectivity index (χ4v) is 1.54. The Balaban J connectivity index is 2.50. The molecule has 0 amide bonds. The van der Waals surface area contributed by atoms with E-state index in [1.165, 1.54) is 0 Å². The summed E-state index contributed by atoms with van der Waals surface area (Å²) in [5.74, 6) is -4.82. The first kappa shape index (κ1) is 17.2. The van der Waals surface area contributed by atoms with Crippen LogP contribution in [0.2, 0.25) is 0 Å². The van der Waals surface area contributed by atoms with Gasteiger partial charge in [-0.15, -0.1) is 0 Å². The van der Waals surface area contributed by atoms with E-state index in [9.17, 15) is 31.6 Å². The van der Waals surface area contributed by atoms with Crippen molar-refractivity contribution in [1.29, 1.82) is 0 Å². The maximum absolute atomic E-state index is 12.8. The molecule has 1 saturated heterocycles. The second-order valence-corrected chi connectivity index (χ2v) is 5.32. The number of rotatable bonds is 5. The second-order valence-electron chi connectivity index (χ2n) is 3.86. The van der Waals surface area contributed by atoms with E-state index in [-0.39, 0.29) is 13.0 Å². The average Bonchev–Trinajstić information content (AvgIpc) is 2.37. The first-order valence-electron chi connectivity index (χ1n) is 5.44. The number of alkyl halides is 2. The lowest BCUT2D eigenvalue weighted by Gasteiger charge is -2.20. The van der Waals surface area contributed by atoms with Gasteiger partial charge in [0.15, 0.2) is 12.7 Å². The largest absolute Gasteiger partial charge is 0.465 e. The standard InChI is InChI=1S/C9H10F2O9S/c10-9(11,21(15,16)17)8(14)19-4-6(12)20-5-2-1-3-18-7(5)13/h5H,1-4H2,(H,15,16,17). The van der Waals surface area contributed by atoms with Crippen LogP contribution >= 0.6 is 0 Å². The molecule has 0 aliphatic carbocycles. The van der Waals surface area contributed by atoms with E-state index < -0.39 is 46.0 Å². The van der Waals surface area contributed by atoms with Crippen molar-refractivity contribution in [2.24, 2.45) is 0 Å². The maximum Gasteiger partial charge on any atom is 0.465 e. The van der Waals surface area contributed by atoms with Gasteiger partial charge >= 0.3 is 33.3 Å². The Bertz CT molecular complexity index is 541. The fourth-order valence-electron chi connectivity index (χ4n) is 1.27. The van der Waals surface area contributed by atoms with E-state index in [4.69, 9.17) is 4.55 Å². The van der Waals surface area contributed by atoms with Gasteiger partial charge in [0, 0.05) is 0 Å². The van der Waals surface area contributed by atoms with Crippen molar-refractivity contribution >= 4 is 28.0 Å². The zero-order valence-corrected chi connectivity index (χ0v) is 11.1. The summed E-state index contributed by atoms with van der Waals surface area (Å²) in [7, 11) is -6.02. The predicted molar refractivity (Wildman–Crippen MR) is 57.5 cm³/mol. The van der Waals surface area contributed by atoms with E-state index in [1.54, 1.807) is 0 Å². The Morgan fingerprint density at radius 2 is 2.05 bits per heavy atom. The minimum Gasteiger partial charge on any atom is -0.463 e. The minimum absolute atomic E-state index is 0.152. The maximum atomic E-state index is 12.8. The number of halogens is 2. The van der Waals surface area contributed by atoms with Crippen LogP contribution in [0.25, 0.3) is 0 Å². The average molecular weight is 332 g/mol. The topological polar surface area (TPSA) is 133 Å². The SMILES string of the molecule is O=C(COC(=O)C(F)(F)S(=O)(=O)O)OC1CCCOC1=O. The molecule has 1 atom stereocenters. The fraction of sp³-hybridized carbons (Fsp3) is 0.667. The molecule has 1 N–H and O–H groups in total. The summed E-state index contributed by atoms with van der Waals surface area (Å²) in [6, 6.07) is 0. The number of carbonyl (C=O) groups excluding carboxylic acids is 3. The molecule has 9 nitrogen and oxygen atoms in total. The van der Waals surface area contributed by atoms with Gasteiger partial charge in [-0.3, -0.25) is 4.55 Å². The van der Waals surface area contributed by atoms with Gasteiger partial charge < -0.3 is 14.2 Å². The molecule has 1 aliphatic heterocycles. The van der Waals surface area contributed by atoms with Gasteiger partial charge in [-0.2, -0.15) is 17.2 Å². The molecule has 1 aliphatic rings. The summed E-state index contributed by atoms with van der Waals surface area (Å²) in [6.45, 7) is -1.20. The van der Waals surface area contributed by atoms with Gasteiger partial charge in [-0.1, -0.05) is 0 Å². The lowest BCUT2D eigenvalue weighted by atomic mass is 10.1. The smallest absolute Gasteiger partial charge is 0.463 e. The van der Waals surface area contributed by atoms with E-state index in [1.807, 2.05) is 0 Å². The Kier molecular flexibility index (Phi) is 5.17. The van der Waals surface area contributed by atoms with E-state index in [0.717, 1.165) is 0 Å². The highest BCUT2D eigenvalue weighted by atomic mass is 32.2. The van der Waals surface area contributed by atoms with Gasteiger partial charge in [-0.25, -0.2) is 14.4 Å². The molecule has 1 rings (SSSR count). The molecule has 0 aromatic rings. The summed E-state index contributed by atoms with van der Waals surface area (Å²) in [4.78, 5) is 33.1. The van der Waals surface area contributed by atoms with Crippen molar-refractivity contribution < 1.29 is 50.3 Å². The monoisotopic (exact) mass is 332 g/mol. The lowest BCUT2D eigenvalue weighted by molar-refractivity contribution is -0.179. The van der Waals surface area contributed by atoms with Crippen LogP contribution < -0.4 is 0 Å². The molecule has 0 spiro atoms. The molecule has 0 aromatic carbocycles. The molecule has 21 heavy (non-hydrogen) atoms. The van der Waals surface area contributed by atoms with Crippen molar-refractivity contribution in [1.82, 2.24) is 0 Å². The normalized spacial score (nSPS) is 19.6. The van der Waals surface area contributed by atoms with Crippen LogP contribution in [0.5, 0.6) is 0 Å². The Morgan fingerprint density at radius 3 is 2.57 bits per heavy atom. The lowest BCUT2D eigenvalue weighted by Crippen LogP contribution is -2.40. The van der Waals surface area contributed by atoms with Gasteiger partial charge in [-0.05, 0) is 12.8 Å². The second kappa shape index (κ2) is 6.30. The van der Waals surface area contributed by atoms with Gasteiger partial charge in [0.25, 0.3) is 0 Å². The molecule has 1 unspecified atom stereocenters. The van der Waals surface area contributed by atoms with Crippen molar-refractivity contribution in [3.63, 3.8) is 0 Å². The van der Waals surface area contributed by atoms with Crippen LogP contribution in [0.4, 0.5) is 8.78 Å². The molecule has 0 saturated carbocycles. The highest BCUT2D eigenvalue weighted by Gasteiger charge is 2.54. The summed E-state index contributed by atoms with van der Waals surface area (Å²) in [5.41, 5.74) is 0. The molecule has 12 heteroatoms. The first-order valence-corrected chi connectivity index (χ1v) is 6.88. The van der Waals surface area contributed by atoms with Crippen molar-refractivity contribution in [3.05, 3.63) is 0 Å². The van der Waals surface area contributed by atoms with Crippen molar-refractivity contribution in [2.75, 3.05) is 13.2 Å². The highest BCUT2D eigenvalue weighted by Crippen LogP contribution is 2.22. The first-order chi connectivity index (χ1) is 9.55. The van der Waals surface area contributed by atoms with Crippen molar-refractivity contribution in [2.45, 2.75) is 24.2 Å². The zero-order chi connectivity index (χ0) is 16.3. The molecule has 1 fully saturated rings. The minimum atomic E-state index is -6.02. The summed E-state index contributed by atoms with van der Waals surface area (Å²) in [6.07, 6.45) is -0.670. The third-order valence-electron chi connectivity index (χ3n) is 2.27. The van der Waals surface area contributed by atoms with E-state index >= 15 is 0 Å². The Morgan fingerprint density at radius 1 is 1.43 bits per heavy atom.